The number of hydrogen-bond donors (Lipinski definition) is 0. The fourth-order valence-electron chi connectivity index (χ4n) is 4.00. The Morgan fingerprint density at radius 1 is 1.19 bits per heavy atom. The van der Waals surface area contributed by atoms with Crippen molar-refractivity contribution in [1.82, 2.24) is 24.4 Å². The number of aryl methyl sites for hydroxylation is 1. The highest BCUT2D eigenvalue weighted by molar-refractivity contribution is 5.65. The molecular weight excluding hydrogens is 338 g/mol. The van der Waals surface area contributed by atoms with Gasteiger partial charge in [0.2, 0.25) is 5.78 Å². The number of likely N-dealkylation sites (tertiary alicyclic amines) is 1. The molecule has 1 saturated heterocycles. The lowest BCUT2D eigenvalue weighted by atomic mass is 10.1. The summed E-state index contributed by atoms with van der Waals surface area (Å²) < 4.78 is 7.42. The lowest BCUT2D eigenvalue weighted by molar-refractivity contribution is 0.234. The number of imidazole rings is 1. The Balaban J connectivity index is 1.56. The van der Waals surface area contributed by atoms with E-state index in [0.717, 1.165) is 60.1 Å². The Bertz CT molecular complexity index is 1070. The van der Waals surface area contributed by atoms with E-state index in [1.165, 1.54) is 0 Å². The molecule has 4 aromatic rings. The first-order valence-electron chi connectivity index (χ1n) is 9.34. The van der Waals surface area contributed by atoms with Crippen molar-refractivity contribution in [1.29, 1.82) is 0 Å². The first-order valence-corrected chi connectivity index (χ1v) is 9.34. The van der Waals surface area contributed by atoms with Crippen LogP contribution < -0.4 is 0 Å². The van der Waals surface area contributed by atoms with Crippen LogP contribution >= 0.6 is 0 Å². The van der Waals surface area contributed by atoms with Crippen LogP contribution in [-0.2, 0) is 6.54 Å². The van der Waals surface area contributed by atoms with Crippen LogP contribution in [0.1, 0.15) is 36.0 Å². The van der Waals surface area contributed by atoms with E-state index < -0.39 is 0 Å². The fraction of sp³-hybridized carbons (Fsp3) is 0.286. The molecule has 0 bridgehead atoms. The van der Waals surface area contributed by atoms with Gasteiger partial charge in [-0.1, -0.05) is 35.5 Å². The third-order valence-corrected chi connectivity index (χ3v) is 5.25. The van der Waals surface area contributed by atoms with Gasteiger partial charge in [0.15, 0.2) is 0 Å². The zero-order chi connectivity index (χ0) is 18.2. The highest BCUT2D eigenvalue weighted by atomic mass is 16.5. The minimum Gasteiger partial charge on any atom is -0.361 e. The topological polar surface area (TPSA) is 59.5 Å². The summed E-state index contributed by atoms with van der Waals surface area (Å²) in [4.78, 5) is 11.7. The second kappa shape index (κ2) is 6.63. The van der Waals surface area contributed by atoms with Gasteiger partial charge in [0, 0.05) is 30.6 Å². The molecule has 5 rings (SSSR count). The predicted octanol–water partition coefficient (Wildman–Crippen LogP) is 4.03. The number of hydrogen-bond acceptors (Lipinski definition) is 5. The van der Waals surface area contributed by atoms with Crippen molar-refractivity contribution in [2.24, 2.45) is 0 Å². The molecule has 0 N–H and O–H groups in total. The molecule has 0 unspecified atom stereocenters. The summed E-state index contributed by atoms with van der Waals surface area (Å²) in [6.07, 6.45) is 6.09. The molecule has 1 aliphatic rings. The van der Waals surface area contributed by atoms with Crippen LogP contribution in [0.4, 0.5) is 0 Å². The Morgan fingerprint density at radius 3 is 2.89 bits per heavy atom. The van der Waals surface area contributed by atoms with Crippen LogP contribution in [0.25, 0.3) is 17.0 Å². The molecule has 27 heavy (non-hydrogen) atoms. The van der Waals surface area contributed by atoms with E-state index >= 15 is 0 Å². The van der Waals surface area contributed by atoms with Crippen LogP contribution in [0.3, 0.4) is 0 Å². The summed E-state index contributed by atoms with van der Waals surface area (Å²) in [5.41, 5.74) is 4.30. The Kier molecular flexibility index (Phi) is 3.98. The molecule has 0 radical (unpaired) electrons. The maximum Gasteiger partial charge on any atom is 0.234 e. The van der Waals surface area contributed by atoms with Crippen molar-refractivity contribution in [3.63, 3.8) is 0 Å². The minimum atomic E-state index is 0.285. The molecular formula is C21H21N5O. The van der Waals surface area contributed by atoms with E-state index in [-0.39, 0.29) is 6.04 Å². The summed E-state index contributed by atoms with van der Waals surface area (Å²) in [6, 6.07) is 14.6. The maximum atomic E-state index is 5.32. The minimum absolute atomic E-state index is 0.285. The van der Waals surface area contributed by atoms with E-state index in [9.17, 15) is 0 Å². The molecule has 1 fully saturated rings. The van der Waals surface area contributed by atoms with Gasteiger partial charge in [0.1, 0.15) is 11.5 Å². The number of aromatic nitrogens is 4. The zero-order valence-electron chi connectivity index (χ0n) is 15.2. The van der Waals surface area contributed by atoms with Gasteiger partial charge >= 0.3 is 0 Å². The standard InChI is InChI=1S/C21H21N5O/c1-15-13-17(24-27-15)18-9-5-11-25(18)14-19-20(16-7-3-2-4-8-16)23-21-22-10-6-12-26(19)21/h2-4,6-8,10,12-13,18H,5,9,11,14H2,1H3/t18-/m0/s1. The normalized spacial score (nSPS) is 17.7. The summed E-state index contributed by atoms with van der Waals surface area (Å²) >= 11 is 0. The van der Waals surface area contributed by atoms with Gasteiger partial charge in [-0.2, -0.15) is 0 Å². The van der Waals surface area contributed by atoms with Crippen molar-refractivity contribution in [3.05, 3.63) is 72.0 Å². The molecule has 0 amide bonds. The highest BCUT2D eigenvalue weighted by Gasteiger charge is 2.30. The van der Waals surface area contributed by atoms with Crippen LogP contribution in [0, 0.1) is 6.92 Å². The SMILES string of the molecule is Cc1cc([C@@H]2CCCN2Cc2c(-c3ccccc3)nc3ncccn23)no1. The maximum absolute atomic E-state index is 5.32. The molecule has 1 aromatic carbocycles. The average Bonchev–Trinajstić information content (AvgIpc) is 3.42. The molecule has 1 atom stereocenters. The first kappa shape index (κ1) is 16.2. The lowest BCUT2D eigenvalue weighted by Gasteiger charge is -2.23. The number of rotatable bonds is 4. The monoisotopic (exact) mass is 359 g/mol. The van der Waals surface area contributed by atoms with Gasteiger partial charge in [0.05, 0.1) is 17.4 Å². The molecule has 0 saturated carbocycles. The van der Waals surface area contributed by atoms with E-state index in [1.807, 2.05) is 37.4 Å². The van der Waals surface area contributed by atoms with E-state index in [4.69, 9.17) is 9.51 Å². The van der Waals surface area contributed by atoms with E-state index in [2.05, 4.69) is 37.6 Å². The van der Waals surface area contributed by atoms with Gasteiger partial charge < -0.3 is 4.52 Å². The number of benzene rings is 1. The zero-order valence-corrected chi connectivity index (χ0v) is 15.2. The van der Waals surface area contributed by atoms with E-state index in [0.29, 0.717) is 0 Å². The van der Waals surface area contributed by atoms with Crippen molar-refractivity contribution in [2.45, 2.75) is 32.4 Å². The Morgan fingerprint density at radius 2 is 2.07 bits per heavy atom. The second-order valence-electron chi connectivity index (χ2n) is 7.05. The summed E-state index contributed by atoms with van der Waals surface area (Å²) in [5.74, 6) is 1.60. The van der Waals surface area contributed by atoms with Gasteiger partial charge in [-0.3, -0.25) is 9.30 Å². The molecule has 4 heterocycles. The fourth-order valence-corrected chi connectivity index (χ4v) is 4.00. The van der Waals surface area contributed by atoms with Crippen molar-refractivity contribution in [2.75, 3.05) is 6.54 Å². The first-order chi connectivity index (χ1) is 13.3. The lowest BCUT2D eigenvalue weighted by Crippen LogP contribution is -2.24. The third kappa shape index (κ3) is 2.92. The van der Waals surface area contributed by atoms with Crippen LogP contribution in [-0.4, -0.2) is 31.0 Å². The van der Waals surface area contributed by atoms with Crippen molar-refractivity contribution >= 4 is 5.78 Å². The molecule has 6 heteroatoms. The van der Waals surface area contributed by atoms with Crippen LogP contribution in [0.2, 0.25) is 0 Å². The quantitative estimate of drug-likeness (QED) is 0.551. The Labute approximate surface area is 157 Å². The van der Waals surface area contributed by atoms with E-state index in [1.54, 1.807) is 6.20 Å². The molecule has 6 nitrogen and oxygen atoms in total. The van der Waals surface area contributed by atoms with Gasteiger partial charge in [-0.15, -0.1) is 0 Å². The third-order valence-electron chi connectivity index (χ3n) is 5.25. The van der Waals surface area contributed by atoms with Crippen molar-refractivity contribution < 1.29 is 4.52 Å². The number of fused-ring (bicyclic) bond motifs is 1. The summed E-state index contributed by atoms with van der Waals surface area (Å²) in [6.45, 7) is 3.78. The van der Waals surface area contributed by atoms with Crippen LogP contribution in [0.15, 0.2) is 59.4 Å². The highest BCUT2D eigenvalue weighted by Crippen LogP contribution is 2.34. The average molecular weight is 359 g/mol. The van der Waals surface area contributed by atoms with Gasteiger partial charge in [0.25, 0.3) is 0 Å². The van der Waals surface area contributed by atoms with Gasteiger partial charge in [-0.25, -0.2) is 9.97 Å². The molecule has 136 valence electrons. The molecule has 3 aromatic heterocycles. The van der Waals surface area contributed by atoms with Crippen molar-refractivity contribution in [3.8, 4) is 11.3 Å². The second-order valence-corrected chi connectivity index (χ2v) is 7.05. The molecule has 0 aliphatic carbocycles. The van der Waals surface area contributed by atoms with Gasteiger partial charge in [-0.05, 0) is 32.4 Å². The smallest absolute Gasteiger partial charge is 0.234 e. The molecule has 0 spiro atoms. The largest absolute Gasteiger partial charge is 0.361 e. The number of nitrogens with zero attached hydrogens (tertiary/aromatic N) is 5. The van der Waals surface area contributed by atoms with Crippen LogP contribution in [0.5, 0.6) is 0 Å². The summed E-state index contributed by atoms with van der Waals surface area (Å²) in [5, 5.41) is 4.27. The Hall–Kier alpha value is -2.99. The predicted molar refractivity (Wildman–Crippen MR) is 102 cm³/mol. The molecule has 1 aliphatic heterocycles. The summed E-state index contributed by atoms with van der Waals surface area (Å²) in [7, 11) is 0.